The third-order valence-electron chi connectivity index (χ3n) is 3.81. The molecule has 1 aromatic carbocycles. The van der Waals surface area contributed by atoms with E-state index >= 15 is 0 Å². The predicted molar refractivity (Wildman–Crippen MR) is 86.9 cm³/mol. The fourth-order valence-corrected chi connectivity index (χ4v) is 3.58. The van der Waals surface area contributed by atoms with Gasteiger partial charge in [-0.15, -0.1) is 11.3 Å². The molecule has 5 nitrogen and oxygen atoms in total. The molecule has 2 aromatic rings. The van der Waals surface area contributed by atoms with Crippen molar-refractivity contribution in [3.63, 3.8) is 0 Å². The van der Waals surface area contributed by atoms with Crippen molar-refractivity contribution in [3.05, 3.63) is 56.7 Å². The van der Waals surface area contributed by atoms with Gasteiger partial charge >= 0.3 is 6.03 Å². The highest BCUT2D eigenvalue weighted by atomic mass is 35.5. The number of benzene rings is 1. The highest BCUT2D eigenvalue weighted by molar-refractivity contribution is 7.16. The molecule has 0 radical (unpaired) electrons. The number of halogens is 1. The van der Waals surface area contributed by atoms with Gasteiger partial charge in [-0.05, 0) is 36.8 Å². The van der Waals surface area contributed by atoms with E-state index in [4.69, 9.17) is 16.9 Å². The normalized spacial score (nSPS) is 20.5. The van der Waals surface area contributed by atoms with Crippen molar-refractivity contribution in [2.75, 3.05) is 0 Å². The van der Waals surface area contributed by atoms with Gasteiger partial charge in [-0.3, -0.25) is 9.69 Å². The number of nitrogens with zero attached hydrogens (tertiary/aromatic N) is 2. The van der Waals surface area contributed by atoms with Crippen molar-refractivity contribution in [3.8, 4) is 6.07 Å². The van der Waals surface area contributed by atoms with E-state index < -0.39 is 11.6 Å². The Morgan fingerprint density at radius 3 is 2.52 bits per heavy atom. The first kappa shape index (κ1) is 15.5. The number of urea groups is 1. The summed E-state index contributed by atoms with van der Waals surface area (Å²) in [5.74, 6) is -0.322. The third-order valence-corrected chi connectivity index (χ3v) is 5.03. The Bertz CT molecular complexity index is 825. The second-order valence-corrected chi connectivity index (χ2v) is 7.14. The van der Waals surface area contributed by atoms with Gasteiger partial charge in [-0.2, -0.15) is 5.26 Å². The third kappa shape index (κ3) is 2.69. The van der Waals surface area contributed by atoms with E-state index in [1.165, 1.54) is 16.2 Å². The first-order chi connectivity index (χ1) is 10.9. The molecular weight excluding hydrogens is 334 g/mol. The van der Waals surface area contributed by atoms with Gasteiger partial charge in [0.05, 0.1) is 22.5 Å². The average Bonchev–Trinajstić information content (AvgIpc) is 3.05. The molecule has 3 rings (SSSR count). The topological polar surface area (TPSA) is 73.2 Å². The van der Waals surface area contributed by atoms with Crippen molar-refractivity contribution in [2.45, 2.75) is 19.0 Å². The van der Waals surface area contributed by atoms with Crippen molar-refractivity contribution >= 4 is 34.9 Å². The first-order valence-electron chi connectivity index (χ1n) is 6.83. The van der Waals surface area contributed by atoms with Crippen LogP contribution in [0.25, 0.3) is 0 Å². The summed E-state index contributed by atoms with van der Waals surface area (Å²) < 4.78 is 0.613. The van der Waals surface area contributed by atoms with Crippen LogP contribution < -0.4 is 5.32 Å². The molecule has 0 spiro atoms. The molecule has 2 heterocycles. The van der Waals surface area contributed by atoms with Crippen LogP contribution in [0.3, 0.4) is 0 Å². The maximum Gasteiger partial charge on any atom is 0.325 e. The lowest BCUT2D eigenvalue weighted by Gasteiger charge is -2.22. The zero-order valence-electron chi connectivity index (χ0n) is 12.2. The maximum absolute atomic E-state index is 12.8. The number of hydrogen-bond donors (Lipinski definition) is 1. The van der Waals surface area contributed by atoms with Gasteiger partial charge in [0.15, 0.2) is 0 Å². The largest absolute Gasteiger partial charge is 0.325 e. The fraction of sp³-hybridized carbons (Fsp3) is 0.188. The molecule has 1 aliphatic heterocycles. The molecule has 0 aliphatic carbocycles. The number of hydrogen-bond acceptors (Lipinski definition) is 4. The van der Waals surface area contributed by atoms with Crippen LogP contribution >= 0.6 is 22.9 Å². The molecule has 23 heavy (non-hydrogen) atoms. The first-order valence-corrected chi connectivity index (χ1v) is 8.02. The van der Waals surface area contributed by atoms with E-state index in [1.807, 2.05) is 6.07 Å². The van der Waals surface area contributed by atoms with Crippen LogP contribution in [0.5, 0.6) is 0 Å². The Hall–Kier alpha value is -2.36. The van der Waals surface area contributed by atoms with E-state index in [1.54, 1.807) is 43.3 Å². The minimum atomic E-state index is -1.13. The number of imide groups is 1. The molecule has 0 saturated carbocycles. The van der Waals surface area contributed by atoms with Gasteiger partial charge in [0, 0.05) is 4.88 Å². The zero-order valence-corrected chi connectivity index (χ0v) is 13.7. The average molecular weight is 346 g/mol. The molecule has 1 aliphatic rings. The van der Waals surface area contributed by atoms with Crippen molar-refractivity contribution in [1.82, 2.24) is 10.2 Å². The van der Waals surface area contributed by atoms with E-state index in [9.17, 15) is 9.59 Å². The smallest absolute Gasteiger partial charge is 0.319 e. The van der Waals surface area contributed by atoms with E-state index in [2.05, 4.69) is 5.32 Å². The zero-order chi connectivity index (χ0) is 16.6. The summed E-state index contributed by atoms with van der Waals surface area (Å²) in [6, 6.07) is 11.7. The molecule has 1 atom stereocenters. The van der Waals surface area contributed by atoms with Crippen LogP contribution in [0, 0.1) is 11.3 Å². The molecule has 1 unspecified atom stereocenters. The number of carbonyl (C=O) groups excluding carboxylic acids is 2. The van der Waals surface area contributed by atoms with Crippen molar-refractivity contribution in [2.24, 2.45) is 0 Å². The fourth-order valence-electron chi connectivity index (χ4n) is 2.51. The SMILES string of the molecule is CC1(c2ccc(C#N)cc2)NC(=O)N(Cc2ccc(Cl)s2)C1=O. The molecule has 1 saturated heterocycles. The lowest BCUT2D eigenvalue weighted by molar-refractivity contribution is -0.131. The molecule has 7 heteroatoms. The summed E-state index contributed by atoms with van der Waals surface area (Å²) in [5, 5.41) is 11.6. The molecular formula is C16H12ClN3O2S. The minimum Gasteiger partial charge on any atom is -0.319 e. The number of rotatable bonds is 3. The van der Waals surface area contributed by atoms with Crippen molar-refractivity contribution in [1.29, 1.82) is 5.26 Å². The monoisotopic (exact) mass is 345 g/mol. The number of carbonyl (C=O) groups is 2. The van der Waals surface area contributed by atoms with Gasteiger partial charge in [0.25, 0.3) is 5.91 Å². The van der Waals surface area contributed by atoms with Gasteiger partial charge < -0.3 is 5.32 Å². The predicted octanol–water partition coefficient (Wildman–Crippen LogP) is 3.24. The number of thiophene rings is 1. The Kier molecular flexibility index (Phi) is 3.84. The Labute approximate surface area is 142 Å². The Morgan fingerprint density at radius 2 is 1.96 bits per heavy atom. The van der Waals surface area contributed by atoms with Crippen LogP contribution in [0.1, 0.15) is 22.9 Å². The standard InChI is InChI=1S/C16H12ClN3O2S/c1-16(11-4-2-10(8-18)3-5-11)14(21)20(15(22)19-16)9-12-6-7-13(17)23-12/h2-7H,9H2,1H3,(H,19,22). The molecule has 1 N–H and O–H groups in total. The highest BCUT2D eigenvalue weighted by Crippen LogP contribution is 2.31. The van der Waals surface area contributed by atoms with Crippen LogP contribution in [0.15, 0.2) is 36.4 Å². The maximum atomic E-state index is 12.8. The summed E-state index contributed by atoms with van der Waals surface area (Å²) in [6.45, 7) is 1.85. The molecule has 1 fully saturated rings. The van der Waals surface area contributed by atoms with Crippen LogP contribution in [0.2, 0.25) is 4.34 Å². The van der Waals surface area contributed by atoms with E-state index in [0.29, 0.717) is 15.5 Å². The second kappa shape index (κ2) is 5.69. The summed E-state index contributed by atoms with van der Waals surface area (Å²) in [4.78, 5) is 27.0. The summed E-state index contributed by atoms with van der Waals surface area (Å²) in [5.41, 5.74) is 0.00679. The highest BCUT2D eigenvalue weighted by Gasteiger charge is 2.48. The molecule has 0 bridgehead atoms. The van der Waals surface area contributed by atoms with Gasteiger partial charge in [0.1, 0.15) is 5.54 Å². The Morgan fingerprint density at radius 1 is 1.26 bits per heavy atom. The van der Waals surface area contributed by atoms with Crippen LogP contribution in [-0.2, 0) is 16.9 Å². The van der Waals surface area contributed by atoms with Gasteiger partial charge in [-0.25, -0.2) is 4.79 Å². The number of nitrogens with one attached hydrogen (secondary N) is 1. The lowest BCUT2D eigenvalue weighted by Crippen LogP contribution is -2.40. The van der Waals surface area contributed by atoms with Crippen LogP contribution in [-0.4, -0.2) is 16.8 Å². The minimum absolute atomic E-state index is 0.188. The van der Waals surface area contributed by atoms with Crippen LogP contribution in [0.4, 0.5) is 4.79 Å². The van der Waals surface area contributed by atoms with Crippen molar-refractivity contribution < 1.29 is 9.59 Å². The molecule has 116 valence electrons. The molecule has 1 aromatic heterocycles. The quantitative estimate of drug-likeness (QED) is 0.868. The number of amides is 3. The Balaban J connectivity index is 1.88. The second-order valence-electron chi connectivity index (χ2n) is 5.34. The van der Waals surface area contributed by atoms with Gasteiger partial charge in [-0.1, -0.05) is 23.7 Å². The molecule has 3 amide bonds. The van der Waals surface area contributed by atoms with Gasteiger partial charge in [0.2, 0.25) is 0 Å². The van der Waals surface area contributed by atoms with E-state index in [0.717, 1.165) is 4.88 Å². The summed E-state index contributed by atoms with van der Waals surface area (Å²) in [6.07, 6.45) is 0. The lowest BCUT2D eigenvalue weighted by atomic mass is 9.91. The summed E-state index contributed by atoms with van der Waals surface area (Å²) in [7, 11) is 0. The van der Waals surface area contributed by atoms with E-state index in [-0.39, 0.29) is 12.5 Å². The summed E-state index contributed by atoms with van der Waals surface area (Å²) >= 11 is 7.22. The number of nitriles is 1.